The lowest BCUT2D eigenvalue weighted by molar-refractivity contribution is -0.120. The van der Waals surface area contributed by atoms with E-state index >= 15 is 0 Å². The standard InChI is InChI=1S/C23H29N3O4/c1-16-9-5-6-10-17(16)13-20(27)26-19-12-8-7-11-18(19)14-24-21(28)15-25-22(29)30-23(2,3)4/h5-12H,13-15H2,1-4H3,(H,24,28)(H,25,29)(H,26,27). The summed E-state index contributed by atoms with van der Waals surface area (Å²) in [6.07, 6.45) is -0.380. The average molecular weight is 412 g/mol. The van der Waals surface area contributed by atoms with Gasteiger partial charge in [-0.25, -0.2) is 4.79 Å². The zero-order chi connectivity index (χ0) is 22.1. The summed E-state index contributed by atoms with van der Waals surface area (Å²) in [5.41, 5.74) is 2.80. The molecule has 0 aliphatic heterocycles. The number of hydrogen-bond donors (Lipinski definition) is 3. The third-order valence-electron chi connectivity index (χ3n) is 4.17. The molecular formula is C23H29N3O4. The molecule has 3 N–H and O–H groups in total. The highest BCUT2D eigenvalue weighted by Crippen LogP contribution is 2.16. The van der Waals surface area contributed by atoms with Crippen LogP contribution in [0.25, 0.3) is 0 Å². The van der Waals surface area contributed by atoms with Gasteiger partial charge in [-0.3, -0.25) is 9.59 Å². The minimum Gasteiger partial charge on any atom is -0.444 e. The van der Waals surface area contributed by atoms with Gasteiger partial charge in [0.2, 0.25) is 11.8 Å². The second kappa shape index (κ2) is 10.4. The molecule has 0 saturated carbocycles. The topological polar surface area (TPSA) is 96.5 Å². The number of carbonyl (C=O) groups is 3. The predicted molar refractivity (Wildman–Crippen MR) is 116 cm³/mol. The van der Waals surface area contributed by atoms with Crippen LogP contribution in [0.2, 0.25) is 0 Å². The molecule has 7 nitrogen and oxygen atoms in total. The normalized spacial score (nSPS) is 10.8. The van der Waals surface area contributed by atoms with Gasteiger partial charge in [-0.2, -0.15) is 0 Å². The number of amides is 3. The first-order valence-corrected chi connectivity index (χ1v) is 9.80. The Balaban J connectivity index is 1.87. The highest BCUT2D eigenvalue weighted by molar-refractivity contribution is 5.93. The lowest BCUT2D eigenvalue weighted by Gasteiger charge is -2.19. The highest BCUT2D eigenvalue weighted by atomic mass is 16.6. The van der Waals surface area contributed by atoms with Crippen molar-refractivity contribution in [3.05, 3.63) is 65.2 Å². The monoisotopic (exact) mass is 411 g/mol. The summed E-state index contributed by atoms with van der Waals surface area (Å²) >= 11 is 0. The Labute approximate surface area is 177 Å². The molecule has 0 saturated heterocycles. The fourth-order valence-corrected chi connectivity index (χ4v) is 2.70. The number of alkyl carbamates (subject to hydrolysis) is 1. The van der Waals surface area contributed by atoms with Crippen molar-refractivity contribution in [2.45, 2.75) is 46.3 Å². The van der Waals surface area contributed by atoms with E-state index in [1.165, 1.54) is 0 Å². The first-order chi connectivity index (χ1) is 14.1. The van der Waals surface area contributed by atoms with Gasteiger partial charge >= 0.3 is 6.09 Å². The van der Waals surface area contributed by atoms with E-state index in [1.807, 2.05) is 49.4 Å². The van der Waals surface area contributed by atoms with Gasteiger partial charge in [-0.1, -0.05) is 42.5 Å². The van der Waals surface area contributed by atoms with E-state index in [2.05, 4.69) is 16.0 Å². The Morgan fingerprint density at radius 1 is 0.867 bits per heavy atom. The molecule has 0 unspecified atom stereocenters. The molecule has 0 bridgehead atoms. The number of anilines is 1. The molecule has 0 aliphatic carbocycles. The Bertz CT molecular complexity index is 903. The summed E-state index contributed by atoms with van der Waals surface area (Å²) in [6, 6.07) is 15.0. The molecule has 0 atom stereocenters. The van der Waals surface area contributed by atoms with Crippen LogP contribution >= 0.6 is 0 Å². The van der Waals surface area contributed by atoms with Crippen molar-refractivity contribution in [1.29, 1.82) is 0 Å². The van der Waals surface area contributed by atoms with Gasteiger partial charge in [-0.05, 0) is 50.5 Å². The summed E-state index contributed by atoms with van der Waals surface area (Å²) in [7, 11) is 0. The second-order valence-electron chi connectivity index (χ2n) is 7.94. The van der Waals surface area contributed by atoms with E-state index in [0.29, 0.717) is 5.69 Å². The first kappa shape index (κ1) is 22.9. The molecule has 0 radical (unpaired) electrons. The number of aryl methyl sites for hydroxylation is 1. The van der Waals surface area contributed by atoms with Crippen molar-refractivity contribution in [3.63, 3.8) is 0 Å². The first-order valence-electron chi connectivity index (χ1n) is 9.80. The molecular weight excluding hydrogens is 382 g/mol. The number of benzene rings is 2. The van der Waals surface area contributed by atoms with Crippen molar-refractivity contribution in [1.82, 2.24) is 10.6 Å². The Hall–Kier alpha value is -3.35. The maximum atomic E-state index is 12.5. The third-order valence-corrected chi connectivity index (χ3v) is 4.17. The Morgan fingerprint density at radius 2 is 1.50 bits per heavy atom. The molecule has 2 aromatic rings. The van der Waals surface area contributed by atoms with Gasteiger partial charge in [0.05, 0.1) is 6.42 Å². The largest absolute Gasteiger partial charge is 0.444 e. The molecule has 0 aliphatic rings. The average Bonchev–Trinajstić information content (AvgIpc) is 2.66. The SMILES string of the molecule is Cc1ccccc1CC(=O)Nc1ccccc1CNC(=O)CNC(=O)OC(C)(C)C. The Kier molecular flexibility index (Phi) is 7.98. The second-order valence-corrected chi connectivity index (χ2v) is 7.94. The number of rotatable bonds is 7. The molecule has 0 heterocycles. The molecule has 2 aromatic carbocycles. The number of para-hydroxylation sites is 1. The van der Waals surface area contributed by atoms with Crippen LogP contribution in [0.4, 0.5) is 10.5 Å². The van der Waals surface area contributed by atoms with Crippen LogP contribution in [0, 0.1) is 6.92 Å². The molecule has 3 amide bonds. The molecule has 0 fully saturated rings. The van der Waals surface area contributed by atoms with Gasteiger partial charge in [-0.15, -0.1) is 0 Å². The van der Waals surface area contributed by atoms with Gasteiger partial charge < -0.3 is 20.7 Å². The van der Waals surface area contributed by atoms with E-state index in [-0.39, 0.29) is 31.3 Å². The number of hydrogen-bond acceptors (Lipinski definition) is 4. The van der Waals surface area contributed by atoms with Crippen LogP contribution in [-0.4, -0.2) is 30.1 Å². The van der Waals surface area contributed by atoms with E-state index in [1.54, 1.807) is 26.8 Å². The summed E-state index contributed by atoms with van der Waals surface area (Å²) in [5, 5.41) is 8.05. The van der Waals surface area contributed by atoms with E-state index in [9.17, 15) is 14.4 Å². The van der Waals surface area contributed by atoms with Crippen LogP contribution in [0.5, 0.6) is 0 Å². The summed E-state index contributed by atoms with van der Waals surface area (Å²) in [6.45, 7) is 7.23. The maximum Gasteiger partial charge on any atom is 0.408 e. The fraction of sp³-hybridized carbons (Fsp3) is 0.348. The molecule has 2 rings (SSSR count). The van der Waals surface area contributed by atoms with E-state index < -0.39 is 11.7 Å². The van der Waals surface area contributed by atoms with Gasteiger partial charge in [0.1, 0.15) is 12.1 Å². The van der Waals surface area contributed by atoms with Crippen molar-refractivity contribution in [2.75, 3.05) is 11.9 Å². The molecule has 30 heavy (non-hydrogen) atoms. The zero-order valence-electron chi connectivity index (χ0n) is 17.9. The third kappa shape index (κ3) is 7.95. The minimum absolute atomic E-state index is 0.130. The molecule has 7 heteroatoms. The van der Waals surface area contributed by atoms with Gasteiger partial charge in [0.25, 0.3) is 0 Å². The summed E-state index contributed by atoms with van der Waals surface area (Å²) in [4.78, 5) is 36.1. The molecule has 0 spiro atoms. The van der Waals surface area contributed by atoms with Crippen molar-refractivity contribution in [2.24, 2.45) is 0 Å². The number of nitrogens with one attached hydrogen (secondary N) is 3. The summed E-state index contributed by atoms with van der Waals surface area (Å²) in [5.74, 6) is -0.489. The van der Waals surface area contributed by atoms with Gasteiger partial charge in [0.15, 0.2) is 0 Å². The highest BCUT2D eigenvalue weighted by Gasteiger charge is 2.16. The summed E-state index contributed by atoms with van der Waals surface area (Å²) < 4.78 is 5.09. The lowest BCUT2D eigenvalue weighted by atomic mass is 10.1. The van der Waals surface area contributed by atoms with Crippen LogP contribution in [0.3, 0.4) is 0 Å². The van der Waals surface area contributed by atoms with Crippen molar-refractivity contribution in [3.8, 4) is 0 Å². The smallest absolute Gasteiger partial charge is 0.408 e. The van der Waals surface area contributed by atoms with E-state index in [0.717, 1.165) is 16.7 Å². The Morgan fingerprint density at radius 3 is 2.17 bits per heavy atom. The fourth-order valence-electron chi connectivity index (χ4n) is 2.70. The quantitative estimate of drug-likeness (QED) is 0.651. The lowest BCUT2D eigenvalue weighted by Crippen LogP contribution is -2.39. The predicted octanol–water partition coefficient (Wildman–Crippen LogP) is 3.32. The van der Waals surface area contributed by atoms with Crippen LogP contribution < -0.4 is 16.0 Å². The van der Waals surface area contributed by atoms with Crippen LogP contribution in [0.15, 0.2) is 48.5 Å². The van der Waals surface area contributed by atoms with Crippen LogP contribution in [-0.2, 0) is 27.3 Å². The number of carbonyl (C=O) groups excluding carboxylic acids is 3. The van der Waals surface area contributed by atoms with Crippen LogP contribution in [0.1, 0.15) is 37.5 Å². The van der Waals surface area contributed by atoms with E-state index in [4.69, 9.17) is 4.74 Å². The van der Waals surface area contributed by atoms with Crippen molar-refractivity contribution >= 4 is 23.6 Å². The zero-order valence-corrected chi connectivity index (χ0v) is 17.9. The van der Waals surface area contributed by atoms with Crippen molar-refractivity contribution < 1.29 is 19.1 Å². The maximum absolute atomic E-state index is 12.5. The van der Waals surface area contributed by atoms with Gasteiger partial charge in [0, 0.05) is 12.2 Å². The minimum atomic E-state index is -0.651. The molecule has 160 valence electrons. The number of ether oxygens (including phenoxy) is 1. The molecule has 0 aromatic heterocycles.